The largest absolute Gasteiger partial charge is 0.339 e. The minimum Gasteiger partial charge on any atom is -0.339 e. The molecule has 1 saturated heterocycles. The molecule has 33 heavy (non-hydrogen) atoms. The van der Waals surface area contributed by atoms with Gasteiger partial charge in [0.05, 0.1) is 12.7 Å². The van der Waals surface area contributed by atoms with Crippen LogP contribution in [0, 0.1) is 18.6 Å². The molecule has 0 spiro atoms. The number of aryl methyl sites for hydroxylation is 1. The number of carbonyl (C=O) groups excluding carboxylic acids is 1. The number of hydrogen-bond donors (Lipinski definition) is 4. The smallest absolute Gasteiger partial charge is 0.258 e. The molecule has 3 aromatic rings. The van der Waals surface area contributed by atoms with E-state index in [9.17, 15) is 13.6 Å². The molecule has 1 fully saturated rings. The number of nitrogens with one attached hydrogen (secondary N) is 4. The Morgan fingerprint density at radius 2 is 1.79 bits per heavy atom. The molecule has 0 aliphatic carbocycles. The lowest BCUT2D eigenvalue weighted by Crippen LogP contribution is -2.50. The van der Waals surface area contributed by atoms with E-state index in [0.717, 1.165) is 16.7 Å². The maximum atomic E-state index is 13.6. The van der Waals surface area contributed by atoms with Gasteiger partial charge in [0.15, 0.2) is 5.96 Å². The molecular weight excluding hydrogens is 424 g/mol. The first kappa shape index (κ1) is 22.6. The van der Waals surface area contributed by atoms with Gasteiger partial charge in [0.25, 0.3) is 5.91 Å². The summed E-state index contributed by atoms with van der Waals surface area (Å²) in [5.41, 5.74) is 9.56. The summed E-state index contributed by atoms with van der Waals surface area (Å²) in [7, 11) is 0. The van der Waals surface area contributed by atoms with Crippen molar-refractivity contribution in [3.8, 4) is 0 Å². The summed E-state index contributed by atoms with van der Waals surface area (Å²) in [5.74, 6) is -0.971. The molecule has 1 aliphatic rings. The summed E-state index contributed by atoms with van der Waals surface area (Å²) < 4.78 is 26.8. The third-order valence-corrected chi connectivity index (χ3v) is 5.47. The molecule has 0 aromatic heterocycles. The van der Waals surface area contributed by atoms with E-state index in [1.165, 1.54) is 36.4 Å². The van der Waals surface area contributed by atoms with E-state index in [-0.39, 0.29) is 29.5 Å². The Kier molecular flexibility index (Phi) is 7.07. The molecule has 6 nitrogen and oxygen atoms in total. The van der Waals surface area contributed by atoms with E-state index in [0.29, 0.717) is 13.0 Å². The van der Waals surface area contributed by atoms with E-state index in [1.807, 2.05) is 31.2 Å². The highest BCUT2D eigenvalue weighted by Crippen LogP contribution is 2.21. The Morgan fingerprint density at radius 1 is 1.00 bits per heavy atom. The predicted octanol–water partition coefficient (Wildman–Crippen LogP) is 3.71. The quantitative estimate of drug-likeness (QED) is 0.354. The van der Waals surface area contributed by atoms with Gasteiger partial charge in [0.2, 0.25) is 0 Å². The number of nitrogens with zero attached hydrogens (tertiary/aromatic N) is 1. The third-order valence-electron chi connectivity index (χ3n) is 5.47. The Hall–Kier alpha value is -3.62. The van der Waals surface area contributed by atoms with Gasteiger partial charge in [-0.15, -0.1) is 0 Å². The zero-order chi connectivity index (χ0) is 23.2. The van der Waals surface area contributed by atoms with Gasteiger partial charge >= 0.3 is 0 Å². The van der Waals surface area contributed by atoms with Gasteiger partial charge in [-0.1, -0.05) is 42.5 Å². The lowest BCUT2D eigenvalue weighted by atomic mass is 10.0. The fourth-order valence-corrected chi connectivity index (χ4v) is 3.61. The molecule has 0 bridgehead atoms. The molecule has 2 atom stereocenters. The second kappa shape index (κ2) is 10.3. The van der Waals surface area contributed by atoms with Crippen molar-refractivity contribution in [2.24, 2.45) is 4.99 Å². The monoisotopic (exact) mass is 449 g/mol. The Balaban J connectivity index is 1.48. The van der Waals surface area contributed by atoms with E-state index in [1.54, 1.807) is 12.1 Å². The molecule has 4 rings (SSSR count). The van der Waals surface area contributed by atoms with Crippen LogP contribution >= 0.6 is 0 Å². The lowest BCUT2D eigenvalue weighted by molar-refractivity contribution is 0.0975. The average Bonchev–Trinajstić information content (AvgIpc) is 3.27. The first-order valence-electron chi connectivity index (χ1n) is 10.7. The van der Waals surface area contributed by atoms with Crippen LogP contribution in [0.2, 0.25) is 0 Å². The van der Waals surface area contributed by atoms with Crippen LogP contribution in [0.5, 0.6) is 0 Å². The molecular formula is C25H25F2N5O. The van der Waals surface area contributed by atoms with Crippen LogP contribution < -0.4 is 21.5 Å². The normalized spacial score (nSPS) is 18.2. The van der Waals surface area contributed by atoms with Crippen molar-refractivity contribution in [1.29, 1.82) is 0 Å². The SMILES string of the molecule is Cc1ccccc1CN=C(NC(=O)c1cccc(F)c1)NC1CC(c2ccc(F)cc2)NN1. The number of hydrazine groups is 1. The number of amides is 1. The molecule has 0 radical (unpaired) electrons. The number of rotatable bonds is 5. The molecule has 1 heterocycles. The van der Waals surface area contributed by atoms with Crippen molar-refractivity contribution < 1.29 is 13.6 Å². The minimum atomic E-state index is -0.488. The molecule has 1 aliphatic heterocycles. The first-order chi connectivity index (χ1) is 16.0. The second-order valence-corrected chi connectivity index (χ2v) is 7.88. The topological polar surface area (TPSA) is 77.5 Å². The van der Waals surface area contributed by atoms with Crippen molar-refractivity contribution >= 4 is 11.9 Å². The molecule has 3 aromatic carbocycles. The van der Waals surface area contributed by atoms with Crippen molar-refractivity contribution in [2.75, 3.05) is 0 Å². The van der Waals surface area contributed by atoms with Gasteiger partial charge in [-0.05, 0) is 53.9 Å². The van der Waals surface area contributed by atoms with Crippen molar-refractivity contribution in [2.45, 2.75) is 32.1 Å². The maximum absolute atomic E-state index is 13.6. The molecule has 170 valence electrons. The van der Waals surface area contributed by atoms with Gasteiger partial charge in [-0.2, -0.15) is 0 Å². The van der Waals surface area contributed by atoms with E-state index < -0.39 is 11.7 Å². The number of carbonyl (C=O) groups is 1. The summed E-state index contributed by atoms with van der Waals surface area (Å²) in [4.78, 5) is 17.3. The van der Waals surface area contributed by atoms with Crippen LogP contribution in [0.15, 0.2) is 77.8 Å². The third kappa shape index (κ3) is 6.00. The highest BCUT2D eigenvalue weighted by molar-refractivity contribution is 6.05. The lowest BCUT2D eigenvalue weighted by Gasteiger charge is -2.17. The standard InChI is InChI=1S/C25H25F2N5O/c1-16-5-2-3-6-19(16)15-28-25(30-24(33)18-7-4-8-21(27)13-18)29-23-14-22(31-32-23)17-9-11-20(26)12-10-17/h2-13,22-23,31-32H,14-15H2,1H3,(H2,28,29,30,33). The number of benzene rings is 3. The maximum Gasteiger partial charge on any atom is 0.258 e. The Bertz CT molecular complexity index is 1150. The van der Waals surface area contributed by atoms with Crippen molar-refractivity contribution in [3.63, 3.8) is 0 Å². The summed E-state index contributed by atoms with van der Waals surface area (Å²) >= 11 is 0. The molecule has 1 amide bonds. The molecule has 0 saturated carbocycles. The highest BCUT2D eigenvalue weighted by Gasteiger charge is 2.26. The first-order valence-corrected chi connectivity index (χ1v) is 10.7. The zero-order valence-corrected chi connectivity index (χ0v) is 18.1. The van der Waals surface area contributed by atoms with Crippen molar-refractivity contribution in [1.82, 2.24) is 21.5 Å². The van der Waals surface area contributed by atoms with Crippen LogP contribution in [0.4, 0.5) is 8.78 Å². The zero-order valence-electron chi connectivity index (χ0n) is 18.1. The van der Waals surface area contributed by atoms with E-state index in [4.69, 9.17) is 0 Å². The van der Waals surface area contributed by atoms with Crippen LogP contribution in [-0.4, -0.2) is 18.0 Å². The summed E-state index contributed by atoms with van der Waals surface area (Å²) in [6, 6.07) is 19.6. The van der Waals surface area contributed by atoms with Crippen LogP contribution in [0.1, 0.15) is 39.5 Å². The van der Waals surface area contributed by atoms with E-state index in [2.05, 4.69) is 26.5 Å². The number of guanidine groups is 1. The predicted molar refractivity (Wildman–Crippen MR) is 123 cm³/mol. The highest BCUT2D eigenvalue weighted by atomic mass is 19.1. The van der Waals surface area contributed by atoms with Gasteiger partial charge in [-0.25, -0.2) is 24.6 Å². The van der Waals surface area contributed by atoms with Crippen LogP contribution in [-0.2, 0) is 6.54 Å². The van der Waals surface area contributed by atoms with Crippen molar-refractivity contribution in [3.05, 3.63) is 107 Å². The number of halogens is 2. The minimum absolute atomic E-state index is 0.0420. The second-order valence-electron chi connectivity index (χ2n) is 7.88. The molecule has 2 unspecified atom stereocenters. The average molecular weight is 450 g/mol. The summed E-state index contributed by atoms with van der Waals surface area (Å²) in [6.07, 6.45) is 0.383. The van der Waals surface area contributed by atoms with Crippen LogP contribution in [0.3, 0.4) is 0 Å². The molecule has 4 N–H and O–H groups in total. The molecule has 8 heteroatoms. The Labute approximate surface area is 191 Å². The summed E-state index contributed by atoms with van der Waals surface area (Å²) in [5, 5.41) is 5.96. The van der Waals surface area contributed by atoms with Gasteiger partial charge in [0, 0.05) is 18.0 Å². The number of hydrogen-bond acceptors (Lipinski definition) is 4. The fraction of sp³-hybridized carbons (Fsp3) is 0.200. The van der Waals surface area contributed by atoms with Crippen LogP contribution in [0.25, 0.3) is 0 Å². The summed E-state index contributed by atoms with van der Waals surface area (Å²) in [6.45, 7) is 2.36. The van der Waals surface area contributed by atoms with Gasteiger partial charge < -0.3 is 5.32 Å². The Morgan fingerprint density at radius 3 is 2.55 bits per heavy atom. The number of aliphatic imine (C=N–C) groups is 1. The van der Waals surface area contributed by atoms with Gasteiger partial charge in [-0.3, -0.25) is 10.1 Å². The van der Waals surface area contributed by atoms with Gasteiger partial charge in [0.1, 0.15) is 11.6 Å². The van der Waals surface area contributed by atoms with E-state index >= 15 is 0 Å². The fourth-order valence-electron chi connectivity index (χ4n) is 3.61.